The number of nitrogens with zero attached hydrogens (tertiary/aromatic N) is 1. The highest BCUT2D eigenvalue weighted by Crippen LogP contribution is 2.36. The number of ether oxygens (including phenoxy) is 4. The molecule has 2 aromatic carbocycles. The van der Waals surface area contributed by atoms with Crippen LogP contribution in [-0.2, 0) is 0 Å². The molecule has 1 aromatic heterocycles. The molecule has 0 aliphatic carbocycles. The number of methoxy groups -OCH3 is 2. The van der Waals surface area contributed by atoms with Crippen molar-refractivity contribution in [2.24, 2.45) is 5.73 Å². The van der Waals surface area contributed by atoms with Crippen LogP contribution in [-0.4, -0.2) is 25.3 Å². The van der Waals surface area contributed by atoms with Gasteiger partial charge in [-0.2, -0.15) is 0 Å². The van der Waals surface area contributed by atoms with Crippen LogP contribution < -0.4 is 24.7 Å². The van der Waals surface area contributed by atoms with Gasteiger partial charge in [0, 0.05) is 17.6 Å². The lowest BCUT2D eigenvalue weighted by atomic mass is 10.2. The summed E-state index contributed by atoms with van der Waals surface area (Å²) in [6.45, 7) is 0. The Kier molecular flexibility index (Phi) is 4.56. The highest BCUT2D eigenvalue weighted by Gasteiger charge is 2.11. The molecule has 0 atom stereocenters. The summed E-state index contributed by atoms with van der Waals surface area (Å²) in [5, 5.41) is 0.776. The molecule has 0 spiro atoms. The van der Waals surface area contributed by atoms with E-state index in [1.807, 2.05) is 0 Å². The Balaban J connectivity index is 1.94. The van der Waals surface area contributed by atoms with Gasteiger partial charge in [-0.3, -0.25) is 4.98 Å². The Hall–Kier alpha value is -3.48. The summed E-state index contributed by atoms with van der Waals surface area (Å²) in [6.07, 6.45) is 0.781. The van der Waals surface area contributed by atoms with Gasteiger partial charge in [0.2, 0.25) is 0 Å². The van der Waals surface area contributed by atoms with Crippen LogP contribution in [0.5, 0.6) is 28.7 Å². The van der Waals surface area contributed by atoms with Crippen LogP contribution in [0.2, 0.25) is 0 Å². The molecule has 0 aliphatic heterocycles. The number of hydrogen-bond donors (Lipinski definition) is 1. The van der Waals surface area contributed by atoms with Crippen LogP contribution in [0.25, 0.3) is 10.9 Å². The van der Waals surface area contributed by atoms with Gasteiger partial charge in [0.05, 0.1) is 19.7 Å². The molecule has 25 heavy (non-hydrogen) atoms. The highest BCUT2D eigenvalue weighted by atomic mass is 16.5. The average molecular weight is 340 g/mol. The van der Waals surface area contributed by atoms with Gasteiger partial charge >= 0.3 is 6.09 Å². The topological polar surface area (TPSA) is 92.9 Å². The molecule has 0 radical (unpaired) electrons. The molecule has 0 bridgehead atoms. The van der Waals surface area contributed by atoms with E-state index in [0.717, 1.165) is 5.39 Å². The summed E-state index contributed by atoms with van der Waals surface area (Å²) >= 11 is 0. The minimum Gasteiger partial charge on any atom is -0.493 e. The highest BCUT2D eigenvalue weighted by molar-refractivity contribution is 5.88. The molecular formula is C18H16N2O5. The molecule has 0 saturated carbocycles. The Labute approximate surface area is 143 Å². The van der Waals surface area contributed by atoms with E-state index in [4.69, 9.17) is 24.7 Å². The average Bonchev–Trinajstić information content (AvgIpc) is 2.62. The van der Waals surface area contributed by atoms with E-state index in [2.05, 4.69) is 4.98 Å². The van der Waals surface area contributed by atoms with Gasteiger partial charge in [0.1, 0.15) is 17.2 Å². The van der Waals surface area contributed by atoms with E-state index >= 15 is 0 Å². The van der Waals surface area contributed by atoms with Gasteiger partial charge in [-0.25, -0.2) is 4.79 Å². The van der Waals surface area contributed by atoms with Gasteiger partial charge in [-0.1, -0.05) is 0 Å². The van der Waals surface area contributed by atoms with E-state index in [1.165, 1.54) is 0 Å². The van der Waals surface area contributed by atoms with Gasteiger partial charge in [-0.15, -0.1) is 0 Å². The number of nitrogens with two attached hydrogens (primary N) is 1. The second-order valence-corrected chi connectivity index (χ2v) is 5.03. The van der Waals surface area contributed by atoms with E-state index in [0.29, 0.717) is 34.3 Å². The fourth-order valence-electron chi connectivity index (χ4n) is 2.36. The van der Waals surface area contributed by atoms with Crippen molar-refractivity contribution in [1.82, 2.24) is 4.98 Å². The standard InChI is InChI=1S/C18H16N2O5/c1-22-16-9-13-14(10-17(16)23-2)20-8-7-15(13)24-11-3-5-12(6-4-11)25-18(19)21/h3-10H,1-2H3,(H2,19,21). The fraction of sp³-hybridized carbons (Fsp3) is 0.111. The number of pyridine rings is 1. The number of carbonyl (C=O) groups is 1. The lowest BCUT2D eigenvalue weighted by Gasteiger charge is -2.12. The number of aromatic nitrogens is 1. The van der Waals surface area contributed by atoms with E-state index in [-0.39, 0.29) is 0 Å². The first-order valence-corrected chi connectivity index (χ1v) is 7.36. The molecule has 0 unspecified atom stereocenters. The lowest BCUT2D eigenvalue weighted by Crippen LogP contribution is -2.16. The maximum Gasteiger partial charge on any atom is 0.409 e. The van der Waals surface area contributed by atoms with Crippen LogP contribution in [0, 0.1) is 0 Å². The van der Waals surface area contributed by atoms with E-state index < -0.39 is 6.09 Å². The van der Waals surface area contributed by atoms with Crippen molar-refractivity contribution in [3.8, 4) is 28.7 Å². The van der Waals surface area contributed by atoms with E-state index in [1.54, 1.807) is 62.9 Å². The smallest absolute Gasteiger partial charge is 0.409 e. The summed E-state index contributed by atoms with van der Waals surface area (Å²) < 4.78 is 21.3. The van der Waals surface area contributed by atoms with Gasteiger partial charge in [-0.05, 0) is 36.4 Å². The predicted octanol–water partition coefficient (Wildman–Crippen LogP) is 3.50. The summed E-state index contributed by atoms with van der Waals surface area (Å²) in [5.74, 6) is 2.69. The Morgan fingerprint density at radius 1 is 0.920 bits per heavy atom. The van der Waals surface area contributed by atoms with Gasteiger partial charge in [0.15, 0.2) is 11.5 Å². The molecule has 3 aromatic rings. The second-order valence-electron chi connectivity index (χ2n) is 5.03. The van der Waals surface area contributed by atoms with Crippen molar-refractivity contribution in [2.75, 3.05) is 14.2 Å². The number of amides is 1. The van der Waals surface area contributed by atoms with Crippen molar-refractivity contribution in [3.05, 3.63) is 48.7 Å². The monoisotopic (exact) mass is 340 g/mol. The van der Waals surface area contributed by atoms with Crippen LogP contribution >= 0.6 is 0 Å². The summed E-state index contributed by atoms with van der Waals surface area (Å²) in [4.78, 5) is 15.1. The molecule has 2 N–H and O–H groups in total. The third-order valence-corrected chi connectivity index (χ3v) is 3.48. The molecule has 0 aliphatic rings. The van der Waals surface area contributed by atoms with Crippen molar-refractivity contribution in [2.45, 2.75) is 0 Å². The number of rotatable bonds is 5. The maximum atomic E-state index is 10.7. The van der Waals surface area contributed by atoms with Crippen LogP contribution in [0.4, 0.5) is 4.79 Å². The Morgan fingerprint density at radius 2 is 1.56 bits per heavy atom. The Morgan fingerprint density at radius 3 is 2.20 bits per heavy atom. The molecule has 3 rings (SSSR count). The van der Waals surface area contributed by atoms with E-state index in [9.17, 15) is 4.79 Å². The van der Waals surface area contributed by atoms with Crippen LogP contribution in [0.1, 0.15) is 0 Å². The maximum absolute atomic E-state index is 10.7. The normalized spacial score (nSPS) is 10.3. The lowest BCUT2D eigenvalue weighted by molar-refractivity contribution is 0.211. The SMILES string of the molecule is COc1cc2nccc(Oc3ccc(OC(N)=O)cc3)c2cc1OC. The van der Waals surface area contributed by atoms with Crippen molar-refractivity contribution >= 4 is 17.0 Å². The molecule has 0 saturated heterocycles. The van der Waals surface area contributed by atoms with Gasteiger partial charge < -0.3 is 24.7 Å². The quantitative estimate of drug-likeness (QED) is 0.764. The first-order chi connectivity index (χ1) is 12.1. The van der Waals surface area contributed by atoms with Gasteiger partial charge in [0.25, 0.3) is 0 Å². The molecule has 128 valence electrons. The van der Waals surface area contributed by atoms with Crippen molar-refractivity contribution in [1.29, 1.82) is 0 Å². The zero-order valence-electron chi connectivity index (χ0n) is 13.7. The fourth-order valence-corrected chi connectivity index (χ4v) is 2.36. The molecule has 0 fully saturated rings. The third-order valence-electron chi connectivity index (χ3n) is 3.48. The molecule has 7 nitrogen and oxygen atoms in total. The first kappa shape index (κ1) is 16.4. The second kappa shape index (κ2) is 6.96. The molecule has 1 heterocycles. The number of benzene rings is 2. The van der Waals surface area contributed by atoms with Crippen molar-refractivity contribution < 1.29 is 23.7 Å². The summed E-state index contributed by atoms with van der Waals surface area (Å²) in [7, 11) is 3.14. The first-order valence-electron chi connectivity index (χ1n) is 7.36. The summed E-state index contributed by atoms with van der Waals surface area (Å²) in [5.41, 5.74) is 5.69. The molecular weight excluding hydrogens is 324 g/mol. The number of fused-ring (bicyclic) bond motifs is 1. The zero-order valence-corrected chi connectivity index (χ0v) is 13.7. The minimum absolute atomic E-state index is 0.339. The summed E-state index contributed by atoms with van der Waals surface area (Å²) in [6, 6.07) is 11.9. The van der Waals surface area contributed by atoms with Crippen molar-refractivity contribution in [3.63, 3.8) is 0 Å². The minimum atomic E-state index is -0.866. The number of primary amides is 1. The van der Waals surface area contributed by atoms with Crippen LogP contribution in [0.15, 0.2) is 48.7 Å². The zero-order chi connectivity index (χ0) is 17.8. The predicted molar refractivity (Wildman–Crippen MR) is 91.6 cm³/mol. The molecule has 7 heteroatoms. The largest absolute Gasteiger partial charge is 0.493 e. The molecule has 1 amide bonds. The number of carbonyl (C=O) groups excluding carboxylic acids is 1. The van der Waals surface area contributed by atoms with Crippen LogP contribution in [0.3, 0.4) is 0 Å². The Bertz CT molecular complexity index is 909. The third kappa shape index (κ3) is 3.55. The number of hydrogen-bond acceptors (Lipinski definition) is 6.